The van der Waals surface area contributed by atoms with Crippen LogP contribution in [0.3, 0.4) is 0 Å². The SMILES string of the molecule is CC[CH2][SnH].O.O. The van der Waals surface area contributed by atoms with E-state index in [0.29, 0.717) is 0 Å². The molecule has 0 aromatic heterocycles. The monoisotopic (exact) mass is 200 g/mol. The molecule has 2 nitrogen and oxygen atoms in total. The first kappa shape index (κ1) is 15.9. The molecule has 0 rings (SSSR count). The summed E-state index contributed by atoms with van der Waals surface area (Å²) in [6, 6.07) is 0. The second-order valence-electron chi connectivity index (χ2n) is 0.789. The molecule has 0 aliphatic carbocycles. The van der Waals surface area contributed by atoms with Crippen LogP contribution in [0.5, 0.6) is 0 Å². The summed E-state index contributed by atoms with van der Waals surface area (Å²) in [4.78, 5) is 0. The molecule has 4 N–H and O–H groups in total. The molecule has 6 heavy (non-hydrogen) atoms. The molecule has 0 heterocycles. The second kappa shape index (κ2) is 17.2. The molecular weight excluding hydrogens is 187 g/mol. The predicted molar refractivity (Wildman–Crippen MR) is 29.5 cm³/mol. The van der Waals surface area contributed by atoms with Gasteiger partial charge in [-0.2, -0.15) is 0 Å². The van der Waals surface area contributed by atoms with Crippen molar-refractivity contribution >= 4 is 22.5 Å². The zero-order valence-corrected chi connectivity index (χ0v) is 7.29. The minimum absolute atomic E-state index is 0. The van der Waals surface area contributed by atoms with Crippen molar-refractivity contribution in [3.05, 3.63) is 0 Å². The molecule has 0 aliphatic heterocycles. The molecule has 0 amide bonds. The normalized spacial score (nSPS) is 5.00. The molecule has 3 heteroatoms. The van der Waals surface area contributed by atoms with Crippen molar-refractivity contribution in [1.29, 1.82) is 0 Å². The van der Waals surface area contributed by atoms with Crippen LogP contribution in [0.4, 0.5) is 0 Å². The van der Waals surface area contributed by atoms with Gasteiger partial charge in [0, 0.05) is 0 Å². The van der Waals surface area contributed by atoms with Gasteiger partial charge < -0.3 is 11.0 Å². The molecule has 2 radical (unpaired) electrons. The van der Waals surface area contributed by atoms with Gasteiger partial charge in [0.15, 0.2) is 0 Å². The van der Waals surface area contributed by atoms with Gasteiger partial charge in [-0.05, 0) is 0 Å². The molecule has 0 aromatic carbocycles. The maximum Gasteiger partial charge on any atom is -0.412 e. The van der Waals surface area contributed by atoms with Crippen LogP contribution in [0.25, 0.3) is 0 Å². The van der Waals surface area contributed by atoms with E-state index in [9.17, 15) is 0 Å². The topological polar surface area (TPSA) is 63.0 Å². The van der Waals surface area contributed by atoms with E-state index in [1.807, 2.05) is 0 Å². The average Bonchev–Trinajstić information content (AvgIpc) is 1.37. The van der Waals surface area contributed by atoms with Crippen molar-refractivity contribution in [3.63, 3.8) is 0 Å². The van der Waals surface area contributed by atoms with E-state index in [2.05, 4.69) is 6.92 Å². The van der Waals surface area contributed by atoms with Gasteiger partial charge in [0.05, 0.1) is 0 Å². The second-order valence-corrected chi connectivity index (χ2v) is 2.44. The summed E-state index contributed by atoms with van der Waals surface area (Å²) in [5.41, 5.74) is 0. The van der Waals surface area contributed by atoms with Gasteiger partial charge in [-0.3, -0.25) is 0 Å². The first-order valence-corrected chi connectivity index (χ1v) is 3.95. The minimum Gasteiger partial charge on any atom is -0.412 e. The fraction of sp³-hybridized carbons (Fsp3) is 1.00. The van der Waals surface area contributed by atoms with Gasteiger partial charge >= 0.3 is 40.3 Å². The Labute approximate surface area is 51.6 Å². The molecule has 0 spiro atoms. The van der Waals surface area contributed by atoms with E-state index >= 15 is 0 Å². The predicted octanol–water partition coefficient (Wildman–Crippen LogP) is -0.934. The van der Waals surface area contributed by atoms with Gasteiger partial charge in [0.2, 0.25) is 0 Å². The fourth-order valence-electron chi connectivity index (χ4n) is 0. The summed E-state index contributed by atoms with van der Waals surface area (Å²) in [6.45, 7) is 2.21. The smallest absolute Gasteiger partial charge is 0.412 e. The van der Waals surface area contributed by atoms with E-state index < -0.39 is 0 Å². The number of rotatable bonds is 1. The van der Waals surface area contributed by atoms with Crippen LogP contribution in [-0.4, -0.2) is 33.5 Å². The molecular formula is C3H12O2Sn. The zero-order chi connectivity index (χ0) is 3.41. The van der Waals surface area contributed by atoms with E-state index in [-0.39, 0.29) is 11.0 Å². The Balaban J connectivity index is -0.0000000450. The van der Waals surface area contributed by atoms with Gasteiger partial charge in [-0.15, -0.1) is 0 Å². The first-order chi connectivity index (χ1) is 1.91. The third-order valence-electron chi connectivity index (χ3n) is 0.289. The Hall–Kier alpha value is 0.719. The number of hydrogen-bond donors (Lipinski definition) is 0. The molecule has 40 valence electrons. The van der Waals surface area contributed by atoms with E-state index in [1.165, 1.54) is 33.4 Å². The fourth-order valence-corrected chi connectivity index (χ4v) is 0. The molecule has 0 saturated heterocycles. The molecule has 0 bridgehead atoms. The third-order valence-corrected chi connectivity index (χ3v) is 1.94. The summed E-state index contributed by atoms with van der Waals surface area (Å²) in [6.07, 6.45) is 1.38. The largest absolute Gasteiger partial charge is 0.412 e. The van der Waals surface area contributed by atoms with Crippen molar-refractivity contribution in [2.45, 2.75) is 17.8 Å². The average molecular weight is 199 g/mol. The zero-order valence-electron chi connectivity index (χ0n) is 3.99. The van der Waals surface area contributed by atoms with E-state index in [0.717, 1.165) is 0 Å². The quantitative estimate of drug-likeness (QED) is 0.489. The summed E-state index contributed by atoms with van der Waals surface area (Å²) >= 11 is 1.44. The Morgan fingerprint density at radius 3 is 1.50 bits per heavy atom. The van der Waals surface area contributed by atoms with Crippen molar-refractivity contribution in [2.75, 3.05) is 0 Å². The Morgan fingerprint density at radius 1 is 1.33 bits per heavy atom. The maximum absolute atomic E-state index is 2.21. The molecule has 0 aromatic rings. The van der Waals surface area contributed by atoms with Gasteiger partial charge in [-0.1, -0.05) is 0 Å². The molecule has 0 saturated carbocycles. The first-order valence-electron chi connectivity index (χ1n) is 1.62. The van der Waals surface area contributed by atoms with E-state index in [1.54, 1.807) is 0 Å². The van der Waals surface area contributed by atoms with Gasteiger partial charge in [-0.25, -0.2) is 0 Å². The number of hydrogen-bond acceptors (Lipinski definition) is 0. The van der Waals surface area contributed by atoms with Crippen LogP contribution in [0.1, 0.15) is 13.3 Å². The van der Waals surface area contributed by atoms with Crippen molar-refractivity contribution in [3.8, 4) is 0 Å². The van der Waals surface area contributed by atoms with Crippen LogP contribution in [0, 0.1) is 0 Å². The van der Waals surface area contributed by atoms with Crippen molar-refractivity contribution in [2.24, 2.45) is 0 Å². The summed E-state index contributed by atoms with van der Waals surface area (Å²) in [5, 5.41) is 0. The molecule has 0 unspecified atom stereocenters. The summed E-state index contributed by atoms with van der Waals surface area (Å²) in [7, 11) is 0. The molecule has 0 aliphatic rings. The van der Waals surface area contributed by atoms with Crippen LogP contribution in [-0.2, 0) is 0 Å². The van der Waals surface area contributed by atoms with Gasteiger partial charge in [0.25, 0.3) is 0 Å². The van der Waals surface area contributed by atoms with Crippen LogP contribution < -0.4 is 0 Å². The molecule has 0 fully saturated rings. The van der Waals surface area contributed by atoms with Crippen molar-refractivity contribution < 1.29 is 11.0 Å². The van der Waals surface area contributed by atoms with Crippen LogP contribution in [0.2, 0.25) is 4.44 Å². The molecule has 0 atom stereocenters. The standard InChI is InChI=1S/C3H7.2H2O.Sn.H/c1-3-2;;;;/h1,3H2,2H3;2*1H2;;. The Bertz CT molecular complexity index is 10.8. The maximum atomic E-state index is 2.21. The van der Waals surface area contributed by atoms with Gasteiger partial charge in [0.1, 0.15) is 0 Å². The van der Waals surface area contributed by atoms with Crippen molar-refractivity contribution in [1.82, 2.24) is 0 Å². The van der Waals surface area contributed by atoms with E-state index in [4.69, 9.17) is 0 Å². The Morgan fingerprint density at radius 2 is 1.50 bits per heavy atom. The Kier molecular flexibility index (Phi) is 45.6. The van der Waals surface area contributed by atoms with Crippen LogP contribution >= 0.6 is 0 Å². The summed E-state index contributed by atoms with van der Waals surface area (Å²) < 4.78 is 1.45. The summed E-state index contributed by atoms with van der Waals surface area (Å²) in [5.74, 6) is 0. The minimum atomic E-state index is 0. The van der Waals surface area contributed by atoms with Crippen LogP contribution in [0.15, 0.2) is 0 Å². The third kappa shape index (κ3) is 22.1.